The Bertz CT molecular complexity index is 725. The number of hydrogen-bond acceptors (Lipinski definition) is 3. The van der Waals surface area contributed by atoms with Gasteiger partial charge >= 0.3 is 0 Å². The van der Waals surface area contributed by atoms with Crippen molar-refractivity contribution in [2.45, 2.75) is 26.7 Å². The normalized spacial score (nSPS) is 10.9. The number of amides is 1. The highest BCUT2D eigenvalue weighted by molar-refractivity contribution is 9.10. The average Bonchev–Trinajstić information content (AvgIpc) is 2.51. The van der Waals surface area contributed by atoms with Crippen molar-refractivity contribution in [3.63, 3.8) is 0 Å². The van der Waals surface area contributed by atoms with Gasteiger partial charge in [-0.15, -0.1) is 0 Å². The standard InChI is InChI=1S/C18H19BrN2O2/c1-3-4-17(22)21-15-7-5-14(6-8-15)20-11-13-9-12(2)10-16(19)18(13)23/h5-11,23H,3-4H2,1-2H3,(H,21,22). The van der Waals surface area contributed by atoms with Crippen LogP contribution in [0.15, 0.2) is 45.9 Å². The molecule has 2 aromatic carbocycles. The summed E-state index contributed by atoms with van der Waals surface area (Å²) in [6, 6.07) is 11.0. The molecule has 0 bridgehead atoms. The second-order valence-electron chi connectivity index (χ2n) is 5.29. The van der Waals surface area contributed by atoms with Crippen LogP contribution in [0.4, 0.5) is 11.4 Å². The van der Waals surface area contributed by atoms with E-state index in [-0.39, 0.29) is 11.7 Å². The van der Waals surface area contributed by atoms with E-state index in [0.29, 0.717) is 16.5 Å². The van der Waals surface area contributed by atoms with Gasteiger partial charge in [0.2, 0.25) is 5.91 Å². The summed E-state index contributed by atoms with van der Waals surface area (Å²) in [6.07, 6.45) is 2.96. The van der Waals surface area contributed by atoms with Crippen LogP contribution < -0.4 is 5.32 Å². The van der Waals surface area contributed by atoms with Crippen molar-refractivity contribution in [1.29, 1.82) is 0 Å². The highest BCUT2D eigenvalue weighted by Crippen LogP contribution is 2.28. The van der Waals surface area contributed by atoms with Crippen LogP contribution in [0.5, 0.6) is 5.75 Å². The molecule has 120 valence electrons. The molecular formula is C18H19BrN2O2. The Morgan fingerprint density at radius 2 is 2.00 bits per heavy atom. The summed E-state index contributed by atoms with van der Waals surface area (Å²) in [5.41, 5.74) is 3.18. The third-order valence-electron chi connectivity index (χ3n) is 3.22. The summed E-state index contributed by atoms with van der Waals surface area (Å²) < 4.78 is 0.646. The Hall–Kier alpha value is -2.14. The Morgan fingerprint density at radius 1 is 1.30 bits per heavy atom. The lowest BCUT2D eigenvalue weighted by Crippen LogP contribution is -2.10. The van der Waals surface area contributed by atoms with E-state index >= 15 is 0 Å². The second-order valence-corrected chi connectivity index (χ2v) is 6.14. The largest absolute Gasteiger partial charge is 0.506 e. The molecule has 4 nitrogen and oxygen atoms in total. The van der Waals surface area contributed by atoms with Crippen LogP contribution in [-0.4, -0.2) is 17.2 Å². The van der Waals surface area contributed by atoms with Crippen molar-refractivity contribution in [3.05, 3.63) is 52.0 Å². The van der Waals surface area contributed by atoms with Crippen molar-refractivity contribution in [2.75, 3.05) is 5.32 Å². The summed E-state index contributed by atoms with van der Waals surface area (Å²) in [5.74, 6) is 0.182. The number of rotatable bonds is 5. The first kappa shape index (κ1) is 17.2. The van der Waals surface area contributed by atoms with Crippen LogP contribution in [0.25, 0.3) is 0 Å². The van der Waals surface area contributed by atoms with Crippen LogP contribution in [0, 0.1) is 6.92 Å². The van der Waals surface area contributed by atoms with Gasteiger partial charge in [-0.25, -0.2) is 0 Å². The lowest BCUT2D eigenvalue weighted by molar-refractivity contribution is -0.116. The predicted molar refractivity (Wildman–Crippen MR) is 97.8 cm³/mol. The molecule has 0 heterocycles. The first-order chi connectivity index (χ1) is 11.0. The van der Waals surface area contributed by atoms with Crippen LogP contribution in [0.1, 0.15) is 30.9 Å². The number of aliphatic imine (C=N–C) groups is 1. The lowest BCUT2D eigenvalue weighted by Gasteiger charge is -2.05. The van der Waals surface area contributed by atoms with Crippen LogP contribution in [0.3, 0.4) is 0 Å². The third kappa shape index (κ3) is 4.93. The zero-order valence-electron chi connectivity index (χ0n) is 13.1. The smallest absolute Gasteiger partial charge is 0.224 e. The number of aromatic hydroxyl groups is 1. The molecule has 23 heavy (non-hydrogen) atoms. The molecule has 0 aliphatic heterocycles. The van der Waals surface area contributed by atoms with E-state index in [9.17, 15) is 9.90 Å². The second kappa shape index (κ2) is 7.92. The minimum Gasteiger partial charge on any atom is -0.506 e. The topological polar surface area (TPSA) is 61.7 Å². The molecular weight excluding hydrogens is 356 g/mol. The molecule has 0 spiro atoms. The van der Waals surface area contributed by atoms with Gasteiger partial charge < -0.3 is 10.4 Å². The maximum absolute atomic E-state index is 11.5. The van der Waals surface area contributed by atoms with E-state index in [4.69, 9.17) is 0 Å². The number of carbonyl (C=O) groups excluding carboxylic acids is 1. The molecule has 2 N–H and O–H groups in total. The summed E-state index contributed by atoms with van der Waals surface area (Å²) in [5, 5.41) is 12.8. The molecule has 0 unspecified atom stereocenters. The van der Waals surface area contributed by atoms with E-state index in [1.807, 2.05) is 50.2 Å². The monoisotopic (exact) mass is 374 g/mol. The number of benzene rings is 2. The number of phenolic OH excluding ortho intramolecular Hbond substituents is 1. The van der Waals surface area contributed by atoms with E-state index in [2.05, 4.69) is 26.2 Å². The maximum Gasteiger partial charge on any atom is 0.224 e. The number of nitrogens with one attached hydrogen (secondary N) is 1. The number of aryl methyl sites for hydroxylation is 1. The summed E-state index contributed by atoms with van der Waals surface area (Å²) in [6.45, 7) is 3.92. The Morgan fingerprint density at radius 3 is 2.65 bits per heavy atom. The number of carbonyl (C=O) groups is 1. The highest BCUT2D eigenvalue weighted by Gasteiger charge is 2.05. The molecule has 1 amide bonds. The zero-order valence-corrected chi connectivity index (χ0v) is 14.7. The third-order valence-corrected chi connectivity index (χ3v) is 3.82. The fourth-order valence-electron chi connectivity index (χ4n) is 2.09. The summed E-state index contributed by atoms with van der Waals surface area (Å²) in [7, 11) is 0. The van der Waals surface area contributed by atoms with Gasteiger partial charge in [0.15, 0.2) is 0 Å². The molecule has 2 aromatic rings. The first-order valence-corrected chi connectivity index (χ1v) is 8.22. The summed E-state index contributed by atoms with van der Waals surface area (Å²) >= 11 is 3.32. The van der Waals surface area contributed by atoms with E-state index in [0.717, 1.165) is 23.4 Å². The zero-order chi connectivity index (χ0) is 16.8. The van der Waals surface area contributed by atoms with Crippen LogP contribution in [0.2, 0.25) is 0 Å². The van der Waals surface area contributed by atoms with Gasteiger partial charge in [-0.05, 0) is 71.2 Å². The molecule has 0 saturated carbocycles. The quantitative estimate of drug-likeness (QED) is 0.727. The molecule has 0 fully saturated rings. The van der Waals surface area contributed by atoms with Gasteiger partial charge in [-0.2, -0.15) is 0 Å². The molecule has 0 aliphatic rings. The fourth-order valence-corrected chi connectivity index (χ4v) is 2.68. The van der Waals surface area contributed by atoms with Gasteiger partial charge in [0.05, 0.1) is 10.2 Å². The Labute approximate surface area is 144 Å². The molecule has 0 radical (unpaired) electrons. The summed E-state index contributed by atoms with van der Waals surface area (Å²) in [4.78, 5) is 15.9. The fraction of sp³-hybridized carbons (Fsp3) is 0.222. The van der Waals surface area contributed by atoms with Gasteiger partial charge in [0, 0.05) is 23.9 Å². The van der Waals surface area contributed by atoms with E-state index in [1.54, 1.807) is 6.21 Å². The number of halogens is 1. The predicted octanol–water partition coefficient (Wildman–Crippen LogP) is 4.95. The molecule has 0 saturated heterocycles. The number of anilines is 1. The number of nitrogens with zero attached hydrogens (tertiary/aromatic N) is 1. The molecule has 5 heteroatoms. The average molecular weight is 375 g/mol. The van der Waals surface area contributed by atoms with Crippen molar-refractivity contribution >= 4 is 39.4 Å². The van der Waals surface area contributed by atoms with Gasteiger partial charge in [0.1, 0.15) is 5.75 Å². The lowest BCUT2D eigenvalue weighted by atomic mass is 10.1. The van der Waals surface area contributed by atoms with Gasteiger partial charge in [-0.3, -0.25) is 9.79 Å². The van der Waals surface area contributed by atoms with Gasteiger partial charge in [-0.1, -0.05) is 6.92 Å². The Balaban J connectivity index is 2.10. The van der Waals surface area contributed by atoms with Crippen molar-refractivity contribution < 1.29 is 9.90 Å². The van der Waals surface area contributed by atoms with Gasteiger partial charge in [0.25, 0.3) is 0 Å². The molecule has 0 aromatic heterocycles. The molecule has 0 atom stereocenters. The van der Waals surface area contributed by atoms with Crippen LogP contribution >= 0.6 is 15.9 Å². The Kier molecular flexibility index (Phi) is 5.93. The van der Waals surface area contributed by atoms with Crippen molar-refractivity contribution in [1.82, 2.24) is 0 Å². The molecule has 0 aliphatic carbocycles. The minimum atomic E-state index is 0.0123. The first-order valence-electron chi connectivity index (χ1n) is 7.42. The van der Waals surface area contributed by atoms with Crippen molar-refractivity contribution in [3.8, 4) is 5.75 Å². The van der Waals surface area contributed by atoms with E-state index < -0.39 is 0 Å². The number of hydrogen-bond donors (Lipinski definition) is 2. The van der Waals surface area contributed by atoms with Crippen LogP contribution in [-0.2, 0) is 4.79 Å². The SMILES string of the molecule is CCCC(=O)Nc1ccc(N=Cc2cc(C)cc(Br)c2O)cc1. The van der Waals surface area contributed by atoms with Crippen molar-refractivity contribution in [2.24, 2.45) is 4.99 Å². The maximum atomic E-state index is 11.5. The molecule has 2 rings (SSSR count). The number of phenols is 1. The highest BCUT2D eigenvalue weighted by atomic mass is 79.9. The van der Waals surface area contributed by atoms with E-state index in [1.165, 1.54) is 0 Å². The minimum absolute atomic E-state index is 0.0123.